The zero-order chi connectivity index (χ0) is 18.5. The molecule has 0 fully saturated rings. The lowest BCUT2D eigenvalue weighted by Gasteiger charge is -2.18. The number of aromatic nitrogens is 2. The van der Waals surface area contributed by atoms with Gasteiger partial charge in [-0.1, -0.05) is 23.7 Å². The van der Waals surface area contributed by atoms with Crippen molar-refractivity contribution in [1.29, 1.82) is 0 Å². The summed E-state index contributed by atoms with van der Waals surface area (Å²) in [5, 5.41) is 8.22. The Morgan fingerprint density at radius 2 is 2.12 bits per heavy atom. The highest BCUT2D eigenvalue weighted by Gasteiger charge is 2.20. The van der Waals surface area contributed by atoms with Gasteiger partial charge in [-0.15, -0.1) is 0 Å². The molecule has 0 spiro atoms. The van der Waals surface area contributed by atoms with E-state index in [0.717, 1.165) is 22.7 Å². The lowest BCUT2D eigenvalue weighted by molar-refractivity contribution is -0.121. The Kier molecular flexibility index (Phi) is 5.78. The molecule has 6 heteroatoms. The Labute approximate surface area is 158 Å². The van der Waals surface area contributed by atoms with Gasteiger partial charge in [0.1, 0.15) is 11.8 Å². The van der Waals surface area contributed by atoms with E-state index in [9.17, 15) is 4.79 Å². The SMILES string of the molecule is Cc1cc(C)n(C(CNC(=O)CCc2cccc(Cl)c2)c2ccco2)n1. The molecule has 0 saturated heterocycles. The summed E-state index contributed by atoms with van der Waals surface area (Å²) in [6, 6.07) is 13.2. The summed E-state index contributed by atoms with van der Waals surface area (Å²) in [5.41, 5.74) is 3.01. The van der Waals surface area contributed by atoms with Crippen LogP contribution >= 0.6 is 11.6 Å². The molecule has 1 unspecified atom stereocenters. The van der Waals surface area contributed by atoms with Crippen molar-refractivity contribution in [2.24, 2.45) is 0 Å². The Hall–Kier alpha value is -2.53. The second kappa shape index (κ2) is 8.23. The molecule has 3 rings (SSSR count). The lowest BCUT2D eigenvalue weighted by Crippen LogP contribution is -2.32. The third-order valence-electron chi connectivity index (χ3n) is 4.23. The molecule has 0 aliphatic carbocycles. The number of hydrogen-bond donors (Lipinski definition) is 1. The third kappa shape index (κ3) is 4.55. The average molecular weight is 372 g/mol. The smallest absolute Gasteiger partial charge is 0.220 e. The largest absolute Gasteiger partial charge is 0.467 e. The molecule has 2 heterocycles. The van der Waals surface area contributed by atoms with Crippen LogP contribution in [0.3, 0.4) is 0 Å². The maximum atomic E-state index is 12.3. The second-order valence-electron chi connectivity index (χ2n) is 6.34. The molecular weight excluding hydrogens is 350 g/mol. The zero-order valence-electron chi connectivity index (χ0n) is 14.9. The monoisotopic (exact) mass is 371 g/mol. The van der Waals surface area contributed by atoms with E-state index in [1.807, 2.05) is 61.0 Å². The topological polar surface area (TPSA) is 60.1 Å². The van der Waals surface area contributed by atoms with Crippen LogP contribution in [0.5, 0.6) is 0 Å². The van der Waals surface area contributed by atoms with Crippen molar-refractivity contribution in [2.75, 3.05) is 6.54 Å². The molecule has 0 bridgehead atoms. The van der Waals surface area contributed by atoms with Gasteiger partial charge in [0.25, 0.3) is 0 Å². The fourth-order valence-corrected chi connectivity index (χ4v) is 3.21. The van der Waals surface area contributed by atoms with Crippen LogP contribution in [0.15, 0.2) is 53.1 Å². The van der Waals surface area contributed by atoms with Gasteiger partial charge >= 0.3 is 0 Å². The van der Waals surface area contributed by atoms with Crippen molar-refractivity contribution < 1.29 is 9.21 Å². The molecule has 1 amide bonds. The lowest BCUT2D eigenvalue weighted by atomic mass is 10.1. The number of carbonyl (C=O) groups is 1. The van der Waals surface area contributed by atoms with Crippen molar-refractivity contribution in [2.45, 2.75) is 32.7 Å². The number of nitrogens with one attached hydrogen (secondary N) is 1. The number of amides is 1. The minimum absolute atomic E-state index is 0.0111. The number of rotatable bonds is 7. The first-order chi connectivity index (χ1) is 12.5. The number of benzene rings is 1. The van der Waals surface area contributed by atoms with Gasteiger partial charge in [0.15, 0.2) is 0 Å². The molecule has 0 radical (unpaired) electrons. The van der Waals surface area contributed by atoms with Crippen LogP contribution in [0.25, 0.3) is 0 Å². The van der Waals surface area contributed by atoms with Crippen LogP contribution in [0, 0.1) is 13.8 Å². The van der Waals surface area contributed by atoms with E-state index in [1.165, 1.54) is 0 Å². The van der Waals surface area contributed by atoms with E-state index >= 15 is 0 Å². The summed E-state index contributed by atoms with van der Waals surface area (Å²) in [6.07, 6.45) is 2.69. The highest BCUT2D eigenvalue weighted by atomic mass is 35.5. The molecule has 5 nitrogen and oxygen atoms in total. The quantitative estimate of drug-likeness (QED) is 0.680. The number of halogens is 1. The summed E-state index contributed by atoms with van der Waals surface area (Å²) in [4.78, 5) is 12.3. The van der Waals surface area contributed by atoms with E-state index in [4.69, 9.17) is 16.0 Å². The first-order valence-corrected chi connectivity index (χ1v) is 8.98. The molecule has 0 aliphatic heterocycles. The first kappa shape index (κ1) is 18.3. The molecular formula is C20H22ClN3O2. The van der Waals surface area contributed by atoms with Crippen molar-refractivity contribution >= 4 is 17.5 Å². The number of hydrogen-bond acceptors (Lipinski definition) is 3. The molecule has 26 heavy (non-hydrogen) atoms. The van der Waals surface area contributed by atoms with Gasteiger partial charge < -0.3 is 9.73 Å². The van der Waals surface area contributed by atoms with Crippen molar-refractivity contribution in [3.8, 4) is 0 Å². The molecule has 3 aromatic rings. The van der Waals surface area contributed by atoms with Crippen LogP contribution in [0.2, 0.25) is 5.02 Å². The van der Waals surface area contributed by atoms with E-state index in [-0.39, 0.29) is 11.9 Å². The van der Waals surface area contributed by atoms with Crippen LogP contribution in [0.4, 0.5) is 0 Å². The standard InChI is InChI=1S/C20H22ClN3O2/c1-14-11-15(2)24(23-14)18(19-7-4-10-26-19)13-22-20(25)9-8-16-5-3-6-17(21)12-16/h3-7,10-12,18H,8-9,13H2,1-2H3,(H,22,25). The van der Waals surface area contributed by atoms with Crippen LogP contribution in [-0.4, -0.2) is 22.2 Å². The minimum atomic E-state index is -0.172. The highest BCUT2D eigenvalue weighted by Crippen LogP contribution is 2.20. The molecule has 1 N–H and O–H groups in total. The summed E-state index contributed by atoms with van der Waals surface area (Å²) in [6.45, 7) is 4.37. The van der Waals surface area contributed by atoms with Gasteiger partial charge in [-0.25, -0.2) is 0 Å². The van der Waals surface area contributed by atoms with Crippen LogP contribution in [-0.2, 0) is 11.2 Å². The van der Waals surface area contributed by atoms with E-state index in [0.29, 0.717) is 24.4 Å². The number of carbonyl (C=O) groups excluding carboxylic acids is 1. The average Bonchev–Trinajstić information content (AvgIpc) is 3.24. The first-order valence-electron chi connectivity index (χ1n) is 8.60. The van der Waals surface area contributed by atoms with Gasteiger partial charge in [-0.05, 0) is 56.2 Å². The third-order valence-corrected chi connectivity index (χ3v) is 4.47. The minimum Gasteiger partial charge on any atom is -0.467 e. The molecule has 0 saturated carbocycles. The fraction of sp³-hybridized carbons (Fsp3) is 0.300. The Bertz CT molecular complexity index is 871. The summed E-state index contributed by atoms with van der Waals surface area (Å²) >= 11 is 5.98. The summed E-state index contributed by atoms with van der Waals surface area (Å²) < 4.78 is 7.46. The molecule has 1 atom stereocenters. The van der Waals surface area contributed by atoms with E-state index in [2.05, 4.69) is 10.4 Å². The highest BCUT2D eigenvalue weighted by molar-refractivity contribution is 6.30. The second-order valence-corrected chi connectivity index (χ2v) is 6.77. The van der Waals surface area contributed by atoms with Crippen molar-refractivity contribution in [1.82, 2.24) is 15.1 Å². The van der Waals surface area contributed by atoms with Gasteiger partial charge in [0.2, 0.25) is 5.91 Å². The van der Waals surface area contributed by atoms with Crippen molar-refractivity contribution in [3.63, 3.8) is 0 Å². The number of aryl methyl sites for hydroxylation is 3. The normalized spacial score (nSPS) is 12.1. The van der Waals surface area contributed by atoms with Gasteiger partial charge in [0, 0.05) is 23.7 Å². The van der Waals surface area contributed by atoms with Gasteiger partial charge in [0.05, 0.1) is 12.0 Å². The molecule has 2 aromatic heterocycles. The maximum Gasteiger partial charge on any atom is 0.220 e. The molecule has 0 aliphatic rings. The van der Waals surface area contributed by atoms with Crippen LogP contribution in [0.1, 0.15) is 35.2 Å². The zero-order valence-corrected chi connectivity index (χ0v) is 15.7. The van der Waals surface area contributed by atoms with Gasteiger partial charge in [-0.3, -0.25) is 9.48 Å². The molecule has 136 valence electrons. The van der Waals surface area contributed by atoms with E-state index < -0.39 is 0 Å². The Morgan fingerprint density at radius 1 is 1.27 bits per heavy atom. The van der Waals surface area contributed by atoms with Crippen LogP contribution < -0.4 is 5.32 Å². The Balaban J connectivity index is 1.63. The molecule has 1 aromatic carbocycles. The predicted octanol–water partition coefficient (Wildman–Crippen LogP) is 4.08. The summed E-state index contributed by atoms with van der Waals surface area (Å²) in [5.74, 6) is 0.759. The van der Waals surface area contributed by atoms with Gasteiger partial charge in [-0.2, -0.15) is 5.10 Å². The maximum absolute atomic E-state index is 12.3. The fourth-order valence-electron chi connectivity index (χ4n) is 3.00. The van der Waals surface area contributed by atoms with E-state index in [1.54, 1.807) is 6.26 Å². The predicted molar refractivity (Wildman–Crippen MR) is 101 cm³/mol. The van der Waals surface area contributed by atoms with Crippen molar-refractivity contribution in [3.05, 3.63) is 76.5 Å². The Morgan fingerprint density at radius 3 is 2.77 bits per heavy atom. The number of nitrogens with zero attached hydrogens (tertiary/aromatic N) is 2. The number of furan rings is 1. The summed E-state index contributed by atoms with van der Waals surface area (Å²) in [7, 11) is 0.